The van der Waals surface area contributed by atoms with Gasteiger partial charge in [0.15, 0.2) is 0 Å². The molecule has 0 radical (unpaired) electrons. The van der Waals surface area contributed by atoms with Crippen molar-refractivity contribution in [3.63, 3.8) is 0 Å². The van der Waals surface area contributed by atoms with Gasteiger partial charge in [-0.3, -0.25) is 4.79 Å². The first-order chi connectivity index (χ1) is 12.7. The number of hydrogen-bond donors (Lipinski definition) is 0. The zero-order chi connectivity index (χ0) is 18.1. The van der Waals surface area contributed by atoms with Gasteiger partial charge >= 0.3 is 0 Å². The van der Waals surface area contributed by atoms with Gasteiger partial charge in [-0.15, -0.1) is 11.8 Å². The molecule has 4 heteroatoms. The van der Waals surface area contributed by atoms with E-state index in [1.807, 2.05) is 79.1 Å². The normalized spacial score (nSPS) is 11.0. The molecule has 4 rings (SSSR count). The van der Waals surface area contributed by atoms with E-state index in [4.69, 9.17) is 4.42 Å². The minimum Gasteiger partial charge on any atom is -0.455 e. The van der Waals surface area contributed by atoms with E-state index in [1.165, 1.54) is 4.90 Å². The highest BCUT2D eigenvalue weighted by Crippen LogP contribution is 2.33. The minimum absolute atomic E-state index is 0.0156. The number of rotatable bonds is 3. The van der Waals surface area contributed by atoms with Crippen LogP contribution in [0.5, 0.6) is 0 Å². The molecule has 0 amide bonds. The van der Waals surface area contributed by atoms with Crippen LogP contribution in [0.1, 0.15) is 0 Å². The summed E-state index contributed by atoms with van der Waals surface area (Å²) in [4.78, 5) is 14.4. The molecule has 2 nitrogen and oxygen atoms in total. The molecule has 0 fully saturated rings. The van der Waals surface area contributed by atoms with Gasteiger partial charge < -0.3 is 4.42 Å². The summed E-state index contributed by atoms with van der Waals surface area (Å²) in [7, 11) is 0. The lowest BCUT2D eigenvalue weighted by Crippen LogP contribution is -2.07. The van der Waals surface area contributed by atoms with Crippen molar-refractivity contribution in [1.29, 1.82) is 0 Å². The number of para-hydroxylation sites is 1. The van der Waals surface area contributed by atoms with Crippen LogP contribution in [0.3, 0.4) is 0 Å². The third-order valence-corrected chi connectivity index (χ3v) is 5.56. The highest BCUT2D eigenvalue weighted by atomic mass is 79.9. The maximum Gasteiger partial charge on any atom is 0.201 e. The molecule has 0 atom stereocenters. The molecule has 1 heterocycles. The monoisotopic (exact) mass is 422 g/mol. The van der Waals surface area contributed by atoms with Crippen LogP contribution in [0.15, 0.2) is 91.4 Å². The SMILES string of the molecule is CSc1ccc(-c2oc3ccccc3c(=O)c2-c2ccc(Br)cc2)cc1. The Balaban J connectivity index is 2.04. The zero-order valence-corrected chi connectivity index (χ0v) is 16.4. The molecule has 3 aromatic carbocycles. The van der Waals surface area contributed by atoms with Crippen LogP contribution >= 0.6 is 27.7 Å². The molecular formula is C22H15BrO2S. The van der Waals surface area contributed by atoms with Crippen LogP contribution < -0.4 is 5.43 Å². The lowest BCUT2D eigenvalue weighted by atomic mass is 9.98. The van der Waals surface area contributed by atoms with Crippen LogP contribution in [0.4, 0.5) is 0 Å². The Hall–Kier alpha value is -2.30. The van der Waals surface area contributed by atoms with Gasteiger partial charge in [-0.2, -0.15) is 0 Å². The fourth-order valence-electron chi connectivity index (χ4n) is 2.97. The minimum atomic E-state index is -0.0156. The Morgan fingerprint density at radius 2 is 1.50 bits per heavy atom. The molecule has 0 saturated heterocycles. The molecule has 0 saturated carbocycles. The molecule has 0 aliphatic heterocycles. The van der Waals surface area contributed by atoms with Crippen molar-refractivity contribution in [2.75, 3.05) is 6.26 Å². The van der Waals surface area contributed by atoms with Crippen LogP contribution in [-0.2, 0) is 0 Å². The third-order valence-electron chi connectivity index (χ3n) is 4.28. The van der Waals surface area contributed by atoms with Crippen LogP contribution in [0.25, 0.3) is 33.4 Å². The Morgan fingerprint density at radius 1 is 0.846 bits per heavy atom. The van der Waals surface area contributed by atoms with Gasteiger partial charge in [0.05, 0.1) is 10.9 Å². The molecule has 0 N–H and O–H groups in total. The summed E-state index contributed by atoms with van der Waals surface area (Å²) < 4.78 is 7.17. The maximum atomic E-state index is 13.3. The van der Waals surface area contributed by atoms with Crippen molar-refractivity contribution in [3.05, 3.63) is 87.5 Å². The van der Waals surface area contributed by atoms with Crippen molar-refractivity contribution in [2.24, 2.45) is 0 Å². The maximum absolute atomic E-state index is 13.3. The van der Waals surface area contributed by atoms with Gasteiger partial charge in [0, 0.05) is 14.9 Å². The molecule has 4 aromatic rings. The smallest absolute Gasteiger partial charge is 0.201 e. The fraction of sp³-hybridized carbons (Fsp3) is 0.0455. The number of thioether (sulfide) groups is 1. The third kappa shape index (κ3) is 3.11. The summed E-state index contributed by atoms with van der Waals surface area (Å²) in [6, 6.07) is 23.2. The molecule has 0 aliphatic carbocycles. The summed E-state index contributed by atoms with van der Waals surface area (Å²) in [6.45, 7) is 0. The quantitative estimate of drug-likeness (QED) is 0.347. The van der Waals surface area contributed by atoms with Crippen molar-refractivity contribution in [1.82, 2.24) is 0 Å². The highest BCUT2D eigenvalue weighted by molar-refractivity contribution is 9.10. The van der Waals surface area contributed by atoms with E-state index < -0.39 is 0 Å². The summed E-state index contributed by atoms with van der Waals surface area (Å²) >= 11 is 5.13. The van der Waals surface area contributed by atoms with Crippen LogP contribution in [0.2, 0.25) is 0 Å². The van der Waals surface area contributed by atoms with E-state index in [0.717, 1.165) is 15.6 Å². The van der Waals surface area contributed by atoms with Gasteiger partial charge in [0.1, 0.15) is 11.3 Å². The predicted molar refractivity (Wildman–Crippen MR) is 113 cm³/mol. The van der Waals surface area contributed by atoms with Gasteiger partial charge in [-0.05, 0) is 48.2 Å². The van der Waals surface area contributed by atoms with E-state index >= 15 is 0 Å². The molecule has 0 unspecified atom stereocenters. The second-order valence-electron chi connectivity index (χ2n) is 5.87. The second-order valence-corrected chi connectivity index (χ2v) is 7.66. The second kappa shape index (κ2) is 7.14. The van der Waals surface area contributed by atoms with E-state index in [-0.39, 0.29) is 5.43 Å². The molecule has 0 aliphatic rings. The number of benzene rings is 3. The first kappa shape index (κ1) is 17.1. The van der Waals surface area contributed by atoms with E-state index in [0.29, 0.717) is 22.3 Å². The molecule has 0 spiro atoms. The first-order valence-electron chi connectivity index (χ1n) is 8.13. The van der Waals surface area contributed by atoms with E-state index in [9.17, 15) is 4.79 Å². The Morgan fingerprint density at radius 3 is 2.19 bits per heavy atom. The van der Waals surface area contributed by atoms with Crippen molar-refractivity contribution >= 4 is 38.7 Å². The number of fused-ring (bicyclic) bond motifs is 1. The Bertz CT molecular complexity index is 1130. The number of halogens is 1. The predicted octanol–water partition coefficient (Wildman–Crippen LogP) is 6.61. The number of hydrogen-bond acceptors (Lipinski definition) is 3. The lowest BCUT2D eigenvalue weighted by Gasteiger charge is -2.11. The van der Waals surface area contributed by atoms with E-state index in [2.05, 4.69) is 15.9 Å². The molecule has 0 bridgehead atoms. The zero-order valence-electron chi connectivity index (χ0n) is 14.0. The highest BCUT2D eigenvalue weighted by Gasteiger charge is 2.17. The molecular weight excluding hydrogens is 408 g/mol. The Labute approximate surface area is 164 Å². The van der Waals surface area contributed by atoms with Gasteiger partial charge in [0.2, 0.25) is 5.43 Å². The topological polar surface area (TPSA) is 30.2 Å². The van der Waals surface area contributed by atoms with Crippen molar-refractivity contribution < 1.29 is 4.42 Å². The Kier molecular flexibility index (Phi) is 4.70. The summed E-state index contributed by atoms with van der Waals surface area (Å²) in [5, 5.41) is 0.593. The summed E-state index contributed by atoms with van der Waals surface area (Å²) in [5.41, 5.74) is 2.91. The lowest BCUT2D eigenvalue weighted by molar-refractivity contribution is 0.620. The standard InChI is InChI=1S/C22H15BrO2S/c1-26-17-12-8-15(9-13-17)22-20(14-6-10-16(23)11-7-14)21(24)18-4-2-3-5-19(18)25-22/h2-13H,1H3. The average molecular weight is 423 g/mol. The largest absolute Gasteiger partial charge is 0.455 e. The first-order valence-corrected chi connectivity index (χ1v) is 10.2. The molecule has 26 heavy (non-hydrogen) atoms. The van der Waals surface area contributed by atoms with Gasteiger partial charge in [-0.25, -0.2) is 0 Å². The van der Waals surface area contributed by atoms with Crippen molar-refractivity contribution in [3.8, 4) is 22.5 Å². The summed E-state index contributed by atoms with van der Waals surface area (Å²) in [5.74, 6) is 0.601. The molecule has 1 aromatic heterocycles. The fourth-order valence-corrected chi connectivity index (χ4v) is 3.64. The van der Waals surface area contributed by atoms with E-state index in [1.54, 1.807) is 11.8 Å². The van der Waals surface area contributed by atoms with Gasteiger partial charge in [0.25, 0.3) is 0 Å². The van der Waals surface area contributed by atoms with Crippen LogP contribution in [-0.4, -0.2) is 6.26 Å². The average Bonchev–Trinajstić information content (AvgIpc) is 2.69. The van der Waals surface area contributed by atoms with Crippen molar-refractivity contribution in [2.45, 2.75) is 4.90 Å². The van der Waals surface area contributed by atoms with Crippen LogP contribution in [0, 0.1) is 0 Å². The summed E-state index contributed by atoms with van der Waals surface area (Å²) in [6.07, 6.45) is 2.04. The molecule has 128 valence electrons. The van der Waals surface area contributed by atoms with Gasteiger partial charge in [-0.1, -0.05) is 52.3 Å².